The zero-order valence-electron chi connectivity index (χ0n) is 12.5. The minimum Gasteiger partial charge on any atom is -0.480 e. The molecule has 0 aromatic rings. The summed E-state index contributed by atoms with van der Waals surface area (Å²) in [6, 6.07) is 0.254. The van der Waals surface area contributed by atoms with Gasteiger partial charge in [-0.15, -0.1) is 0 Å². The van der Waals surface area contributed by atoms with E-state index < -0.39 is 11.5 Å². The lowest BCUT2D eigenvalue weighted by Crippen LogP contribution is -2.63. The SMILES string of the molecule is CCC(C)NC1(C(=O)O)CCCCC1C(C)(C)C. The van der Waals surface area contributed by atoms with Gasteiger partial charge in [-0.2, -0.15) is 0 Å². The molecule has 18 heavy (non-hydrogen) atoms. The molecule has 0 bridgehead atoms. The number of carboxylic acids is 1. The highest BCUT2D eigenvalue weighted by molar-refractivity contribution is 5.79. The third kappa shape index (κ3) is 3.05. The maximum atomic E-state index is 11.9. The largest absolute Gasteiger partial charge is 0.480 e. The van der Waals surface area contributed by atoms with Crippen LogP contribution in [0.1, 0.15) is 66.7 Å². The molecule has 0 aromatic carbocycles. The molecule has 1 fully saturated rings. The molecule has 1 saturated carbocycles. The van der Waals surface area contributed by atoms with E-state index in [-0.39, 0.29) is 17.4 Å². The number of nitrogens with one attached hydrogen (secondary N) is 1. The zero-order valence-corrected chi connectivity index (χ0v) is 12.5. The fraction of sp³-hybridized carbons (Fsp3) is 0.933. The van der Waals surface area contributed by atoms with Crippen molar-refractivity contribution in [1.29, 1.82) is 0 Å². The van der Waals surface area contributed by atoms with Crippen molar-refractivity contribution >= 4 is 5.97 Å². The number of aliphatic carboxylic acids is 1. The van der Waals surface area contributed by atoms with Crippen LogP contribution in [-0.2, 0) is 4.79 Å². The van der Waals surface area contributed by atoms with Gasteiger partial charge in [0.2, 0.25) is 0 Å². The minimum atomic E-state index is -0.730. The highest BCUT2D eigenvalue weighted by Crippen LogP contribution is 2.44. The number of carbonyl (C=O) groups is 1. The third-order valence-electron chi connectivity index (χ3n) is 4.45. The van der Waals surface area contributed by atoms with E-state index in [4.69, 9.17) is 0 Å². The summed E-state index contributed by atoms with van der Waals surface area (Å²) in [5, 5.41) is 13.2. The summed E-state index contributed by atoms with van der Waals surface area (Å²) in [6.45, 7) is 10.7. The van der Waals surface area contributed by atoms with Crippen molar-refractivity contribution in [2.24, 2.45) is 11.3 Å². The summed E-state index contributed by atoms with van der Waals surface area (Å²) in [7, 11) is 0. The molecule has 1 rings (SSSR count). The van der Waals surface area contributed by atoms with Crippen molar-refractivity contribution in [3.05, 3.63) is 0 Å². The monoisotopic (exact) mass is 255 g/mol. The predicted octanol–water partition coefficient (Wildman–Crippen LogP) is 3.43. The van der Waals surface area contributed by atoms with Gasteiger partial charge in [0, 0.05) is 6.04 Å². The maximum Gasteiger partial charge on any atom is 0.324 e. The van der Waals surface area contributed by atoms with Crippen LogP contribution in [0.5, 0.6) is 0 Å². The quantitative estimate of drug-likeness (QED) is 0.809. The van der Waals surface area contributed by atoms with E-state index in [1.807, 2.05) is 0 Å². The number of rotatable bonds is 4. The zero-order chi connectivity index (χ0) is 14.0. The van der Waals surface area contributed by atoms with E-state index in [2.05, 4.69) is 39.9 Å². The first-order valence-electron chi connectivity index (χ1n) is 7.25. The molecule has 0 radical (unpaired) electrons. The van der Waals surface area contributed by atoms with Gasteiger partial charge in [0.15, 0.2) is 0 Å². The van der Waals surface area contributed by atoms with E-state index >= 15 is 0 Å². The molecule has 0 spiro atoms. The molecular formula is C15H29NO2. The molecule has 1 aliphatic carbocycles. The summed E-state index contributed by atoms with van der Waals surface area (Å²) in [5.41, 5.74) is -0.703. The van der Waals surface area contributed by atoms with Crippen LogP contribution in [0.15, 0.2) is 0 Å². The molecule has 0 saturated heterocycles. The lowest BCUT2D eigenvalue weighted by molar-refractivity contribution is -0.153. The Bertz CT molecular complexity index is 295. The Kier molecular flexibility index (Phi) is 4.82. The van der Waals surface area contributed by atoms with Gasteiger partial charge in [-0.1, -0.05) is 40.5 Å². The summed E-state index contributed by atoms with van der Waals surface area (Å²) in [5.74, 6) is -0.465. The first kappa shape index (κ1) is 15.5. The fourth-order valence-corrected chi connectivity index (χ4v) is 3.38. The van der Waals surface area contributed by atoms with Gasteiger partial charge in [0.05, 0.1) is 0 Å². The Balaban J connectivity index is 3.07. The van der Waals surface area contributed by atoms with Gasteiger partial charge < -0.3 is 5.11 Å². The Labute approximate surface area is 111 Å². The van der Waals surface area contributed by atoms with E-state index in [1.54, 1.807) is 0 Å². The standard InChI is InChI=1S/C15H29NO2/c1-6-11(2)16-15(13(17)18)10-8-7-9-12(15)14(3,4)5/h11-12,16H,6-10H2,1-5H3,(H,17,18). The molecule has 3 nitrogen and oxygen atoms in total. The highest BCUT2D eigenvalue weighted by atomic mass is 16.4. The summed E-state index contributed by atoms with van der Waals surface area (Å²) < 4.78 is 0. The second-order valence-corrected chi connectivity index (χ2v) is 6.89. The van der Waals surface area contributed by atoms with Crippen LogP contribution in [0.4, 0.5) is 0 Å². The van der Waals surface area contributed by atoms with Gasteiger partial charge in [-0.3, -0.25) is 10.1 Å². The third-order valence-corrected chi connectivity index (χ3v) is 4.45. The second-order valence-electron chi connectivity index (χ2n) is 6.89. The number of carboxylic acid groups (broad SMARTS) is 1. The Morgan fingerprint density at radius 1 is 1.44 bits per heavy atom. The summed E-state index contributed by atoms with van der Waals surface area (Å²) in [6.07, 6.45) is 4.90. The summed E-state index contributed by atoms with van der Waals surface area (Å²) >= 11 is 0. The molecule has 0 heterocycles. The molecule has 3 atom stereocenters. The Morgan fingerprint density at radius 3 is 2.50 bits per heavy atom. The van der Waals surface area contributed by atoms with Crippen LogP contribution in [0.25, 0.3) is 0 Å². The van der Waals surface area contributed by atoms with Gasteiger partial charge >= 0.3 is 5.97 Å². The lowest BCUT2D eigenvalue weighted by Gasteiger charge is -2.49. The highest BCUT2D eigenvalue weighted by Gasteiger charge is 2.51. The molecule has 3 unspecified atom stereocenters. The minimum absolute atomic E-state index is 0.0271. The smallest absolute Gasteiger partial charge is 0.324 e. The first-order chi connectivity index (χ1) is 8.24. The van der Waals surface area contributed by atoms with Crippen LogP contribution in [-0.4, -0.2) is 22.7 Å². The molecule has 0 aliphatic heterocycles. The van der Waals surface area contributed by atoms with Crippen molar-refractivity contribution in [2.45, 2.75) is 78.3 Å². The van der Waals surface area contributed by atoms with Crippen molar-refractivity contribution in [3.63, 3.8) is 0 Å². The number of hydrogen-bond donors (Lipinski definition) is 2. The number of hydrogen-bond acceptors (Lipinski definition) is 2. The van der Waals surface area contributed by atoms with Crippen LogP contribution >= 0.6 is 0 Å². The predicted molar refractivity (Wildman–Crippen MR) is 74.7 cm³/mol. The van der Waals surface area contributed by atoms with Crippen molar-refractivity contribution in [1.82, 2.24) is 5.32 Å². The van der Waals surface area contributed by atoms with Crippen LogP contribution in [0.3, 0.4) is 0 Å². The van der Waals surface area contributed by atoms with E-state index in [1.165, 1.54) is 0 Å². The first-order valence-corrected chi connectivity index (χ1v) is 7.25. The van der Waals surface area contributed by atoms with Gasteiger partial charge in [0.1, 0.15) is 5.54 Å². The van der Waals surface area contributed by atoms with Crippen molar-refractivity contribution in [2.75, 3.05) is 0 Å². The Hall–Kier alpha value is -0.570. The second kappa shape index (κ2) is 5.60. The van der Waals surface area contributed by atoms with Crippen LogP contribution in [0, 0.1) is 11.3 Å². The van der Waals surface area contributed by atoms with E-state index in [0.29, 0.717) is 0 Å². The van der Waals surface area contributed by atoms with E-state index in [0.717, 1.165) is 32.1 Å². The normalized spacial score (nSPS) is 31.1. The average molecular weight is 255 g/mol. The van der Waals surface area contributed by atoms with Gasteiger partial charge in [-0.25, -0.2) is 0 Å². The molecular weight excluding hydrogens is 226 g/mol. The average Bonchev–Trinajstić information content (AvgIpc) is 2.27. The van der Waals surface area contributed by atoms with E-state index in [9.17, 15) is 9.90 Å². The molecule has 0 amide bonds. The molecule has 0 aromatic heterocycles. The molecule has 106 valence electrons. The van der Waals surface area contributed by atoms with Crippen molar-refractivity contribution < 1.29 is 9.90 Å². The van der Waals surface area contributed by atoms with Crippen LogP contribution < -0.4 is 5.32 Å². The van der Waals surface area contributed by atoms with Crippen LogP contribution in [0.2, 0.25) is 0 Å². The Morgan fingerprint density at radius 2 is 2.06 bits per heavy atom. The molecule has 1 aliphatic rings. The molecule has 2 N–H and O–H groups in total. The lowest BCUT2D eigenvalue weighted by atomic mass is 9.61. The van der Waals surface area contributed by atoms with Crippen molar-refractivity contribution in [3.8, 4) is 0 Å². The maximum absolute atomic E-state index is 11.9. The van der Waals surface area contributed by atoms with Gasteiger partial charge in [0.25, 0.3) is 0 Å². The van der Waals surface area contributed by atoms with Gasteiger partial charge in [-0.05, 0) is 37.5 Å². The summed E-state index contributed by atoms with van der Waals surface area (Å²) in [4.78, 5) is 11.9. The fourth-order valence-electron chi connectivity index (χ4n) is 3.38. The molecule has 3 heteroatoms. The topological polar surface area (TPSA) is 49.3 Å².